The normalized spacial score (nSPS) is 17.9. The summed E-state index contributed by atoms with van der Waals surface area (Å²) >= 11 is 32.0. The highest BCUT2D eigenvalue weighted by Crippen LogP contribution is 2.33. The molecule has 5 aliphatic heterocycles. The SMILES string of the molecule is C.C.C=CC(=O)Cl.C=CC(=O)N1CCC[C@@H](Nc2nc(Cl)ncc2F)C1.CC(C)(C)OC(=O)N1CCC[C@@H](Nc2nc(Cl)ncc2F)C1.CCC1(OCCCOc2ccc(N)cc2)OCC(C)(C)CO1.CCN(CC)CC.Fc1cnc(Cl)nc1Cl.Fc1cnc(Cl)nc1N[C@@H]1CCCNC1.[CH2+]C(C)(C)OC(=O)N1CCC[C@@H](N)C1. The van der Waals surface area contributed by atoms with E-state index < -0.39 is 45.7 Å². The van der Waals surface area contributed by atoms with E-state index in [4.69, 9.17) is 109 Å². The van der Waals surface area contributed by atoms with Gasteiger partial charge in [-0.15, -0.1) is 0 Å². The van der Waals surface area contributed by atoms with Gasteiger partial charge in [0.25, 0.3) is 5.97 Å². The van der Waals surface area contributed by atoms with Gasteiger partial charge in [-0.1, -0.05) is 81.2 Å². The van der Waals surface area contributed by atoms with Crippen molar-refractivity contribution >= 4 is 116 Å². The van der Waals surface area contributed by atoms with E-state index in [1.807, 2.05) is 52.0 Å². The maximum Gasteiger partial charge on any atom is 0.413 e. The number of aromatic nitrogens is 8. The molecule has 0 spiro atoms. The molecule has 10 rings (SSSR count). The number of amides is 3. The Hall–Kier alpha value is -7.21. The Kier molecular flexibility index (Phi) is 50.3. The first-order chi connectivity index (χ1) is 53.2. The van der Waals surface area contributed by atoms with Crippen LogP contribution in [0.15, 0.2) is 74.4 Å². The quantitative estimate of drug-likeness (QED) is 0.00654. The zero-order valence-corrected chi connectivity index (χ0v) is 70.8. The minimum atomic E-state index is -0.892. The first-order valence-corrected chi connectivity index (χ1v) is 39.3. The zero-order valence-electron chi connectivity index (χ0n) is 66.3. The molecule has 115 heavy (non-hydrogen) atoms. The van der Waals surface area contributed by atoms with E-state index in [-0.39, 0.29) is 106 Å². The fourth-order valence-corrected chi connectivity index (χ4v) is 11.2. The van der Waals surface area contributed by atoms with Gasteiger partial charge in [-0.05, 0) is 193 Å². The average molecular weight is 1750 g/mol. The third-order valence-electron chi connectivity index (χ3n) is 16.3. The number of likely N-dealkylation sites (tertiary alicyclic amines) is 3. The van der Waals surface area contributed by atoms with E-state index in [0.29, 0.717) is 65.6 Å². The van der Waals surface area contributed by atoms with Crippen molar-refractivity contribution in [2.24, 2.45) is 11.1 Å². The number of nitrogen functional groups attached to an aromatic ring is 1. The third kappa shape index (κ3) is 44.3. The number of benzene rings is 1. The molecule has 0 saturated carbocycles. The van der Waals surface area contributed by atoms with Gasteiger partial charge in [0, 0.05) is 108 Å². The van der Waals surface area contributed by atoms with Crippen LogP contribution in [0.3, 0.4) is 0 Å². The molecule has 38 heteroatoms. The molecular formula is C77H119Cl6F4N18O10+. The van der Waals surface area contributed by atoms with E-state index in [0.717, 1.165) is 120 Å². The number of ether oxygens (including phenoxy) is 6. The van der Waals surface area contributed by atoms with Gasteiger partial charge in [-0.3, -0.25) is 9.59 Å². The Labute approximate surface area is 706 Å². The number of nitrogens with zero attached hydrogens (tertiary/aromatic N) is 12. The van der Waals surface area contributed by atoms with Crippen LogP contribution in [-0.4, -0.2) is 223 Å². The lowest BCUT2D eigenvalue weighted by Crippen LogP contribution is -2.49. The van der Waals surface area contributed by atoms with E-state index in [2.05, 4.69) is 121 Å². The monoisotopic (exact) mass is 1740 g/mol. The summed E-state index contributed by atoms with van der Waals surface area (Å²) in [4.78, 5) is 80.8. The van der Waals surface area contributed by atoms with Crippen LogP contribution < -0.4 is 37.5 Å². The van der Waals surface area contributed by atoms with Gasteiger partial charge in [-0.25, -0.2) is 52.1 Å². The molecule has 3 amide bonds. The first-order valence-electron chi connectivity index (χ1n) is 37.1. The molecule has 1 aromatic carbocycles. The number of anilines is 4. The lowest BCUT2D eigenvalue weighted by Gasteiger charge is -2.42. The van der Waals surface area contributed by atoms with Crippen LogP contribution in [0, 0.1) is 35.6 Å². The van der Waals surface area contributed by atoms with Crippen LogP contribution in [-0.2, 0) is 33.3 Å². The summed E-state index contributed by atoms with van der Waals surface area (Å²) in [5.74, 6) is -2.16. The number of hydrogen-bond donors (Lipinski definition) is 6. The smallest absolute Gasteiger partial charge is 0.413 e. The van der Waals surface area contributed by atoms with Crippen molar-refractivity contribution in [2.45, 2.75) is 197 Å². The van der Waals surface area contributed by atoms with Crippen molar-refractivity contribution in [2.75, 3.05) is 120 Å². The lowest BCUT2D eigenvalue weighted by molar-refractivity contribution is -0.418. The molecule has 0 bridgehead atoms. The molecular weight excluding hydrogens is 1630 g/mol. The topological polar surface area (TPSA) is 340 Å². The fraction of sp³-hybridized carbons (Fsp3) is 0.597. The Morgan fingerprint density at radius 2 is 1.07 bits per heavy atom. The van der Waals surface area contributed by atoms with Crippen LogP contribution in [0.5, 0.6) is 5.75 Å². The van der Waals surface area contributed by atoms with Crippen molar-refractivity contribution in [1.82, 2.24) is 64.8 Å². The molecule has 0 aliphatic carbocycles. The highest BCUT2D eigenvalue weighted by molar-refractivity contribution is 6.66. The molecule has 0 radical (unpaired) electrons. The Morgan fingerprint density at radius 3 is 1.47 bits per heavy atom. The molecule has 5 fully saturated rings. The molecule has 646 valence electrons. The fourth-order valence-electron chi connectivity index (χ4n) is 10.5. The first kappa shape index (κ1) is 106. The summed E-state index contributed by atoms with van der Waals surface area (Å²) in [6.07, 6.45) is 14.4. The van der Waals surface area contributed by atoms with Crippen molar-refractivity contribution in [3.8, 4) is 5.75 Å². The van der Waals surface area contributed by atoms with Crippen molar-refractivity contribution < 1.29 is 65.2 Å². The van der Waals surface area contributed by atoms with Gasteiger partial charge in [0.05, 0.1) is 51.2 Å². The second kappa shape index (κ2) is 54.7. The Bertz CT molecular complexity index is 3680. The van der Waals surface area contributed by atoms with Gasteiger partial charge >= 0.3 is 12.2 Å². The zero-order chi connectivity index (χ0) is 84.5. The third-order valence-corrected chi connectivity index (χ3v) is 17.4. The second-order valence-electron chi connectivity index (χ2n) is 28.4. The molecule has 4 aromatic heterocycles. The van der Waals surface area contributed by atoms with Crippen LogP contribution >= 0.6 is 69.6 Å². The van der Waals surface area contributed by atoms with Gasteiger partial charge in [0.15, 0.2) is 45.9 Å². The summed E-state index contributed by atoms with van der Waals surface area (Å²) in [5, 5.41) is 11.4. The van der Waals surface area contributed by atoms with Crippen LogP contribution in [0.2, 0.25) is 26.3 Å². The Morgan fingerprint density at radius 1 is 0.643 bits per heavy atom. The average Bonchev–Trinajstić information content (AvgIpc) is 0.818. The number of halogens is 10. The summed E-state index contributed by atoms with van der Waals surface area (Å²) in [5.41, 5.74) is 11.0. The maximum atomic E-state index is 13.7. The number of nitrogens with one attached hydrogen (secondary N) is 4. The molecule has 0 unspecified atom stereocenters. The summed E-state index contributed by atoms with van der Waals surface area (Å²) in [6, 6.07) is 7.49. The van der Waals surface area contributed by atoms with Crippen LogP contribution in [0.25, 0.3) is 0 Å². The van der Waals surface area contributed by atoms with Crippen LogP contribution in [0.1, 0.15) is 155 Å². The van der Waals surface area contributed by atoms with E-state index in [9.17, 15) is 36.7 Å². The minimum Gasteiger partial charge on any atom is -0.494 e. The second-order valence-corrected chi connectivity index (χ2v) is 30.4. The van der Waals surface area contributed by atoms with E-state index in [1.54, 1.807) is 28.5 Å². The van der Waals surface area contributed by atoms with Crippen molar-refractivity contribution in [3.63, 3.8) is 0 Å². The molecule has 4 atom stereocenters. The number of carbonyl (C=O) groups is 4. The lowest BCUT2D eigenvalue weighted by atomic mass is 9.95. The number of hydrogen-bond acceptors (Lipinski definition) is 25. The predicted octanol–water partition coefficient (Wildman–Crippen LogP) is 16.2. The Balaban J connectivity index is 0.000000678. The number of piperidine rings is 4. The van der Waals surface area contributed by atoms with Gasteiger partial charge in [0.1, 0.15) is 18.3 Å². The largest absolute Gasteiger partial charge is 0.494 e. The molecule has 5 saturated heterocycles. The van der Waals surface area contributed by atoms with E-state index >= 15 is 0 Å². The van der Waals surface area contributed by atoms with Crippen LogP contribution in [0.4, 0.5) is 50.3 Å². The predicted molar refractivity (Wildman–Crippen MR) is 449 cm³/mol. The highest BCUT2D eigenvalue weighted by Gasteiger charge is 2.41. The summed E-state index contributed by atoms with van der Waals surface area (Å²) in [7, 11) is 0. The number of rotatable bonds is 19. The number of carbonyl (C=O) groups excluding carboxylic acids is 4. The molecule has 5 aromatic rings. The van der Waals surface area contributed by atoms with Crippen molar-refractivity contribution in [1.29, 1.82) is 0 Å². The van der Waals surface area contributed by atoms with Gasteiger partial charge < -0.3 is 80.8 Å². The minimum absolute atomic E-state index is 0. The molecule has 28 nitrogen and oxygen atoms in total. The van der Waals surface area contributed by atoms with E-state index in [1.165, 1.54) is 25.7 Å². The molecule has 9 heterocycles. The maximum absolute atomic E-state index is 13.7. The summed E-state index contributed by atoms with van der Waals surface area (Å²) in [6.45, 7) is 43.4. The number of nitrogens with two attached hydrogens (primary N) is 2. The molecule has 5 aliphatic rings. The number of allylic oxidation sites excluding steroid dienone is 1. The molecule has 8 N–H and O–H groups in total. The van der Waals surface area contributed by atoms with Gasteiger partial charge in [0.2, 0.25) is 37.9 Å². The standard InChI is InChI=1S/C17H27NO4.C14H20ClFN4O2.C12H14ClFN4O.C10H19N2O2.C9H12ClFN4.C6H15N.C4HCl2FN2.C3H3ClO.2CH4/c1-4-17(21-12-16(2,3)13-22-17)20-11-5-10-19-15-8-6-14(18)7-9-15;1-14(2,3)22-13(21)20-6-4-5-9(8-20)18-11-10(16)7-17-12(15)19-11;1-2-10(19)18-5-3-4-8(7-18)16-11-9(14)6-15-12(13)17-11;1-10(2,3)14-9(13)12-6-4-5-8(11)7-12;10-9-13-5-7(11)8(15-9)14-6-2-1-3-12-4-6;1-4-7(5-2)6-3;5-3-2(7)1-8-4(6)9-3;1-2-3(4)5;;/h6-9H,4-5,10-13,18H2,1-3H3;7,9H,4-6,8H2,1-3H3,(H,17,18,19);2,6,8H,1,3-5,7H2,(H,15,16,17);8H,1,4-7,11H2,2-3H3;5-6,12H,1-4H2,(H,13,14,15);4-6H2,1-3H3;1H;2H,1H2;2*1H4/q;;;+1;;;;;;/t;9-;2*8-;6-;;;;;/m.1111...../s1. The summed E-state index contributed by atoms with van der Waals surface area (Å²) < 4.78 is 86.2. The highest BCUT2D eigenvalue weighted by atomic mass is 35.5. The van der Waals surface area contributed by atoms with Gasteiger partial charge in [-0.2, -0.15) is 15.0 Å². The van der Waals surface area contributed by atoms with Crippen molar-refractivity contribution in [3.05, 3.63) is 131 Å².